The molecule has 10 N–H and O–H groups in total. The number of urea groups is 2. The summed E-state index contributed by atoms with van der Waals surface area (Å²) < 4.78 is 42.8. The molecule has 0 bridgehead atoms. The number of aryl methyl sites for hydroxylation is 1. The second-order valence-corrected chi connectivity index (χ2v) is 24.4. The van der Waals surface area contributed by atoms with Gasteiger partial charge >= 0.3 is 30.0 Å². The third-order valence-corrected chi connectivity index (χ3v) is 17.7. The van der Waals surface area contributed by atoms with Gasteiger partial charge in [0.05, 0.1) is 48.0 Å². The molecule has 464 valence electrons. The number of ether oxygens (including phenoxy) is 2. The van der Waals surface area contributed by atoms with Crippen molar-refractivity contribution in [3.05, 3.63) is 135 Å². The van der Waals surface area contributed by atoms with Crippen molar-refractivity contribution in [1.29, 1.82) is 0 Å². The molecule has 3 aliphatic heterocycles. The number of hydrogen-bond donors (Lipinski definition) is 10. The Bertz CT molecular complexity index is 3870. The zero-order valence-corrected chi connectivity index (χ0v) is 50.6. The molecular weight excluding hydrogens is 1170 g/mol. The Morgan fingerprint density at radius 1 is 0.898 bits per heavy atom. The van der Waals surface area contributed by atoms with E-state index in [0.29, 0.717) is 58.9 Å². The number of amides is 6. The van der Waals surface area contributed by atoms with Crippen LogP contribution in [0.2, 0.25) is 0 Å². The average molecular weight is 1240 g/mol. The number of thiocarbonyl (C=S) groups is 1. The van der Waals surface area contributed by atoms with Gasteiger partial charge in [0.15, 0.2) is 5.11 Å². The van der Waals surface area contributed by atoms with Gasteiger partial charge in [-0.3, -0.25) is 23.9 Å². The molecule has 5 atom stereocenters. The number of phenolic OH excluding ortho intramolecular Hbond substituents is 1. The summed E-state index contributed by atoms with van der Waals surface area (Å²) >= 11 is 5.48. The number of nitrogens with one attached hydrogen (secondary N) is 8. The zero-order valence-electron chi connectivity index (χ0n) is 49.0. The summed E-state index contributed by atoms with van der Waals surface area (Å²) in [5.41, 5.74) is 2.67. The second-order valence-electron chi connectivity index (χ2n) is 22.0. The van der Waals surface area contributed by atoms with Crippen molar-refractivity contribution in [2.75, 3.05) is 35.0 Å². The van der Waals surface area contributed by atoms with Crippen LogP contribution in [0.5, 0.6) is 5.75 Å². The van der Waals surface area contributed by atoms with Crippen LogP contribution in [0.1, 0.15) is 107 Å². The van der Waals surface area contributed by atoms with Crippen molar-refractivity contribution in [3.8, 4) is 17.1 Å². The van der Waals surface area contributed by atoms with E-state index in [9.17, 15) is 57.0 Å². The molecule has 6 amide bonds. The monoisotopic (exact) mass is 1240 g/mol. The van der Waals surface area contributed by atoms with E-state index < -0.39 is 98.7 Å². The molecule has 9 rings (SSSR count). The second kappa shape index (κ2) is 26.7. The van der Waals surface area contributed by atoms with Crippen LogP contribution in [-0.2, 0) is 68.6 Å². The highest BCUT2D eigenvalue weighted by molar-refractivity contribution is 7.93. The third kappa shape index (κ3) is 13.7. The van der Waals surface area contributed by atoms with E-state index in [1.165, 1.54) is 41.3 Å². The highest BCUT2D eigenvalue weighted by Crippen LogP contribution is 2.43. The van der Waals surface area contributed by atoms with E-state index in [-0.39, 0.29) is 73.2 Å². The molecule has 5 heterocycles. The largest absolute Gasteiger partial charge is 0.508 e. The lowest BCUT2D eigenvalue weighted by Gasteiger charge is -2.37. The van der Waals surface area contributed by atoms with E-state index in [4.69, 9.17) is 26.7 Å². The molecule has 4 aliphatic rings. The van der Waals surface area contributed by atoms with Crippen LogP contribution in [0, 0.1) is 5.92 Å². The van der Waals surface area contributed by atoms with Gasteiger partial charge in [-0.2, -0.15) is 0 Å². The minimum atomic E-state index is -4.05. The van der Waals surface area contributed by atoms with Gasteiger partial charge in [0.25, 0.3) is 5.56 Å². The lowest BCUT2D eigenvalue weighted by Crippen LogP contribution is -2.56. The quantitative estimate of drug-likeness (QED) is 0.0291. The number of hydrogen-bond acceptors (Lipinski definition) is 15. The minimum absolute atomic E-state index is 0.00887. The van der Waals surface area contributed by atoms with E-state index in [1.54, 1.807) is 79.9 Å². The van der Waals surface area contributed by atoms with Gasteiger partial charge in [-0.15, -0.1) is 0 Å². The number of sulfonamides is 1. The topological polar surface area (TPSA) is 347 Å². The molecule has 1 fully saturated rings. The Morgan fingerprint density at radius 2 is 1.65 bits per heavy atom. The lowest BCUT2D eigenvalue weighted by atomic mass is 9.85. The number of carbonyl (C=O) groups excluding carboxylic acids is 6. The number of benzene rings is 3. The van der Waals surface area contributed by atoms with Crippen molar-refractivity contribution < 1.29 is 61.7 Å². The SMILES string of the molecule is CCCNC(=O)NC1=CC=CC(S(=O)(=O)Nc2cccc(C(CC(=O)O)NC(=O)Nc3ccc(NC(=S)NCC(=O)N4CCC[C@H]4C(=O)N[C@H](C(=O)O[C@]4(CC)C(=O)OCc5c4cc4n(c5=O)Cc5c-4nc4ccc(O)cc4c5CC)C(C)C)cc3)c2)C1. The zero-order chi connectivity index (χ0) is 63.2. The molecule has 2 aromatic heterocycles. The van der Waals surface area contributed by atoms with E-state index in [1.807, 2.05) is 13.8 Å². The Balaban J connectivity index is 0.777. The Kier molecular flexibility index (Phi) is 19.2. The standard InChI is InChI=1S/C61H69N11O14S2/c1-6-23-62-58(81)65-37-13-10-15-40(26-37)88(83,84)70-38-14-9-12-34(25-38)47(29-51(75)76)68-59(82)64-35-17-19-36(20-18-35)66-60(87)63-30-50(74)71-24-11-16-48(71)54(77)69-52(33(4)5)56(79)86-61(8-3)45-28-49-53-43(31-72(49)55(78)44(45)32-85-57(61)80)41(7-2)42-27-39(73)21-22-46(42)67-53/h9-10,12-15,17-22,25,27-28,33,40,47-48,52,70,73H,6-8,11,16,23-24,26,29-32H2,1-5H3,(H,69,77)(H,75,76)(H2,62,65,81)(H2,63,66,87)(H2,64,68,82)/t40?,47?,48-,52-,61-/m0/s1. The normalized spacial score (nSPS) is 18.1. The number of fused-ring (bicyclic) bond motifs is 5. The van der Waals surface area contributed by atoms with Crippen molar-refractivity contribution >= 4 is 97.1 Å². The van der Waals surface area contributed by atoms with Gasteiger partial charge in [0.2, 0.25) is 27.4 Å². The van der Waals surface area contributed by atoms with E-state index in [0.717, 1.165) is 22.9 Å². The van der Waals surface area contributed by atoms with Gasteiger partial charge in [0, 0.05) is 58.8 Å². The maximum atomic E-state index is 14.4. The summed E-state index contributed by atoms with van der Waals surface area (Å²) in [6.07, 6.45) is 6.04. The Morgan fingerprint density at radius 3 is 2.35 bits per heavy atom. The average Bonchev–Trinajstić information content (AvgIpc) is 1.73. The first kappa shape index (κ1) is 63.1. The number of esters is 2. The molecule has 0 radical (unpaired) electrons. The summed E-state index contributed by atoms with van der Waals surface area (Å²) in [6, 6.07) is 14.2. The van der Waals surface area contributed by atoms with Crippen molar-refractivity contribution in [3.63, 3.8) is 0 Å². The van der Waals surface area contributed by atoms with Crippen molar-refractivity contribution in [1.82, 2.24) is 41.0 Å². The summed E-state index contributed by atoms with van der Waals surface area (Å²) in [6.45, 7) is 9.10. The van der Waals surface area contributed by atoms with Crippen LogP contribution in [0.15, 0.2) is 102 Å². The number of anilines is 3. The number of aromatic nitrogens is 2. The molecular formula is C61H69N11O14S2. The number of cyclic esters (lactones) is 1. The fourth-order valence-electron chi connectivity index (χ4n) is 11.3. The molecule has 2 unspecified atom stereocenters. The predicted octanol–water partition coefficient (Wildman–Crippen LogP) is 6.02. The van der Waals surface area contributed by atoms with Gasteiger partial charge in [-0.25, -0.2) is 32.6 Å². The van der Waals surface area contributed by atoms with E-state index >= 15 is 0 Å². The van der Waals surface area contributed by atoms with Gasteiger partial charge < -0.3 is 66.4 Å². The lowest BCUT2D eigenvalue weighted by molar-refractivity contribution is -0.191. The summed E-state index contributed by atoms with van der Waals surface area (Å²) in [7, 11) is -4.05. The fraction of sp³-hybridized carbons (Fsp3) is 0.377. The molecule has 0 spiro atoms. The molecule has 27 heteroatoms. The van der Waals surface area contributed by atoms with Crippen LogP contribution < -0.4 is 47.5 Å². The first-order valence-electron chi connectivity index (χ1n) is 28.9. The number of likely N-dealkylation sites (tertiary alicyclic amines) is 1. The number of aromatic hydroxyl groups is 1. The Hall–Kier alpha value is -9.37. The van der Waals surface area contributed by atoms with Crippen LogP contribution in [0.25, 0.3) is 22.3 Å². The smallest absolute Gasteiger partial charge is 0.355 e. The number of nitrogens with zero attached hydrogens (tertiary/aromatic N) is 3. The number of pyridine rings is 2. The third-order valence-electron chi connectivity index (χ3n) is 15.8. The molecule has 5 aromatic rings. The summed E-state index contributed by atoms with van der Waals surface area (Å²) in [5.74, 6) is -4.63. The molecule has 0 saturated carbocycles. The summed E-state index contributed by atoms with van der Waals surface area (Å²) in [4.78, 5) is 114. The number of carboxylic acids is 1. The van der Waals surface area contributed by atoms with Crippen LogP contribution >= 0.6 is 12.2 Å². The first-order valence-corrected chi connectivity index (χ1v) is 30.9. The number of carbonyl (C=O) groups is 7. The highest BCUT2D eigenvalue weighted by Gasteiger charge is 2.52. The van der Waals surface area contributed by atoms with E-state index in [2.05, 4.69) is 41.9 Å². The van der Waals surface area contributed by atoms with Crippen LogP contribution in [0.3, 0.4) is 0 Å². The fourth-order valence-corrected chi connectivity index (χ4v) is 12.8. The van der Waals surface area contributed by atoms with Gasteiger partial charge in [0.1, 0.15) is 29.7 Å². The Labute approximate surface area is 512 Å². The number of rotatable bonds is 21. The van der Waals surface area contributed by atoms with Crippen LogP contribution in [0.4, 0.5) is 26.7 Å². The maximum Gasteiger partial charge on any atom is 0.355 e. The molecule has 88 heavy (non-hydrogen) atoms. The van der Waals surface area contributed by atoms with Crippen molar-refractivity contribution in [2.45, 2.75) is 122 Å². The van der Waals surface area contributed by atoms with Crippen molar-refractivity contribution in [2.24, 2.45) is 5.92 Å². The first-order chi connectivity index (χ1) is 42.0. The van der Waals surface area contributed by atoms with Gasteiger partial charge in [-0.1, -0.05) is 58.9 Å². The maximum absolute atomic E-state index is 14.4. The summed E-state index contributed by atoms with van der Waals surface area (Å²) in [5, 5.41) is 39.0. The van der Waals surface area contributed by atoms with Crippen LogP contribution in [-0.4, -0.2) is 117 Å². The van der Waals surface area contributed by atoms with Gasteiger partial charge in [-0.05, 0) is 128 Å². The molecule has 3 aromatic carbocycles. The molecule has 25 nitrogen and oxygen atoms in total. The highest BCUT2D eigenvalue weighted by atomic mass is 32.2. The number of aliphatic carboxylic acids is 1. The number of allylic oxidation sites excluding steroid dienone is 3. The number of carboxylic acid groups (broad SMARTS) is 1. The molecule has 1 saturated heterocycles. The minimum Gasteiger partial charge on any atom is -0.508 e. The number of phenols is 1. The predicted molar refractivity (Wildman–Crippen MR) is 330 cm³/mol. The molecule has 1 aliphatic carbocycles.